The topological polar surface area (TPSA) is 131 Å². The molecule has 14 heteroatoms. The maximum absolute atomic E-state index is 15.0. The molecule has 0 fully saturated rings. The number of fused-ring (bicyclic) bond motifs is 6. The SMILES string of the molecule is CNC(=O)c1c(-c2ccc(F)cc2F)oc2nc(N(C)S(C)(=O)=O)c(-c3ccc4c(n3)-c3cc5c(F)cccc5n3C(CO)C4)cc12. The van der Waals surface area contributed by atoms with Crippen molar-refractivity contribution >= 4 is 43.8 Å². The van der Waals surface area contributed by atoms with Gasteiger partial charge in [0.1, 0.15) is 17.5 Å². The molecule has 2 N–H and O–H groups in total. The molecule has 0 saturated heterocycles. The highest BCUT2D eigenvalue weighted by atomic mass is 32.2. The summed E-state index contributed by atoms with van der Waals surface area (Å²) in [6.45, 7) is -0.196. The number of hydrogen-bond acceptors (Lipinski definition) is 7. The van der Waals surface area contributed by atoms with Crippen molar-refractivity contribution in [2.45, 2.75) is 12.5 Å². The minimum atomic E-state index is -3.89. The standard InChI is InChI=1S/C33H26F3N5O5S/c1-37-32(43)28-22-13-21(31(40(2)47(3,44)45)39-33(22)46-30(28)19-9-8-17(34)12-24(19)36)25-10-7-16-11-18(15-42)41-26-6-4-5-23(35)20(26)14-27(41)29(16)38-25/h4-10,12-14,18,42H,11,15H2,1-3H3,(H,37,43). The fourth-order valence-corrected chi connectivity index (χ4v) is 6.57. The Labute approximate surface area is 266 Å². The Morgan fingerprint density at radius 2 is 1.83 bits per heavy atom. The Bertz CT molecular complexity index is 2390. The summed E-state index contributed by atoms with van der Waals surface area (Å²) in [7, 11) is -1.23. The lowest BCUT2D eigenvalue weighted by Gasteiger charge is -2.27. The first-order valence-electron chi connectivity index (χ1n) is 14.4. The number of benzene rings is 2. The maximum Gasteiger partial charge on any atom is 0.255 e. The smallest absolute Gasteiger partial charge is 0.255 e. The number of aliphatic hydroxyl groups excluding tert-OH is 1. The second-order valence-electron chi connectivity index (χ2n) is 11.3. The number of aliphatic hydroxyl groups is 1. The van der Waals surface area contributed by atoms with Crippen LogP contribution in [0, 0.1) is 17.5 Å². The number of sulfonamides is 1. The van der Waals surface area contributed by atoms with Gasteiger partial charge in [-0.2, -0.15) is 4.98 Å². The van der Waals surface area contributed by atoms with E-state index in [0.29, 0.717) is 34.8 Å². The lowest BCUT2D eigenvalue weighted by atomic mass is 9.96. The van der Waals surface area contributed by atoms with Gasteiger partial charge in [-0.25, -0.2) is 26.6 Å². The summed E-state index contributed by atoms with van der Waals surface area (Å²) >= 11 is 0. The summed E-state index contributed by atoms with van der Waals surface area (Å²) in [5.74, 6) is -3.21. The molecule has 10 nitrogen and oxygen atoms in total. The van der Waals surface area contributed by atoms with Crippen molar-refractivity contribution in [3.63, 3.8) is 0 Å². The fourth-order valence-electron chi connectivity index (χ4n) is 6.12. The minimum Gasteiger partial charge on any atom is -0.437 e. The molecule has 4 aromatic heterocycles. The van der Waals surface area contributed by atoms with Crippen molar-refractivity contribution < 1.29 is 35.9 Å². The Morgan fingerprint density at radius 1 is 1.04 bits per heavy atom. The van der Waals surface area contributed by atoms with Crippen LogP contribution in [0.4, 0.5) is 19.0 Å². The number of amides is 1. The number of halogens is 3. The van der Waals surface area contributed by atoms with Crippen molar-refractivity contribution in [1.82, 2.24) is 19.9 Å². The van der Waals surface area contributed by atoms with Crippen LogP contribution in [-0.4, -0.2) is 60.9 Å². The Balaban J connectivity index is 1.51. The number of anilines is 1. The van der Waals surface area contributed by atoms with Gasteiger partial charge in [0.25, 0.3) is 5.91 Å². The van der Waals surface area contributed by atoms with Gasteiger partial charge in [-0.3, -0.25) is 9.10 Å². The molecule has 1 aliphatic rings. The molecule has 6 aromatic rings. The molecule has 0 bridgehead atoms. The fraction of sp³-hybridized carbons (Fsp3) is 0.182. The Morgan fingerprint density at radius 3 is 2.53 bits per heavy atom. The van der Waals surface area contributed by atoms with E-state index in [4.69, 9.17) is 9.40 Å². The van der Waals surface area contributed by atoms with E-state index in [0.717, 1.165) is 28.3 Å². The van der Waals surface area contributed by atoms with Crippen LogP contribution in [0.2, 0.25) is 0 Å². The summed E-state index contributed by atoms with van der Waals surface area (Å²) in [6.07, 6.45) is 1.39. The van der Waals surface area contributed by atoms with Gasteiger partial charge in [-0.1, -0.05) is 12.1 Å². The molecule has 1 atom stereocenters. The number of nitrogens with zero attached hydrogens (tertiary/aromatic N) is 4. The van der Waals surface area contributed by atoms with Crippen molar-refractivity contribution in [2.24, 2.45) is 0 Å². The van der Waals surface area contributed by atoms with Crippen LogP contribution in [0.3, 0.4) is 0 Å². The van der Waals surface area contributed by atoms with E-state index in [1.807, 2.05) is 4.57 Å². The van der Waals surface area contributed by atoms with Gasteiger partial charge in [0.15, 0.2) is 11.6 Å². The van der Waals surface area contributed by atoms with E-state index < -0.39 is 33.4 Å². The predicted octanol–water partition coefficient (Wildman–Crippen LogP) is 5.44. The zero-order valence-corrected chi connectivity index (χ0v) is 26.0. The molecule has 5 heterocycles. The Hall–Kier alpha value is -5.21. The van der Waals surface area contributed by atoms with Gasteiger partial charge in [0.05, 0.1) is 58.0 Å². The van der Waals surface area contributed by atoms with E-state index in [2.05, 4.69) is 10.3 Å². The molecule has 0 radical (unpaired) electrons. The summed E-state index contributed by atoms with van der Waals surface area (Å²) in [5.41, 5.74) is 2.40. The van der Waals surface area contributed by atoms with Crippen molar-refractivity contribution in [1.29, 1.82) is 0 Å². The normalized spacial score (nSPS) is 14.3. The molecule has 1 amide bonds. The van der Waals surface area contributed by atoms with E-state index >= 15 is 0 Å². The molecular weight excluding hydrogens is 635 g/mol. The molecular formula is C33H26F3N5O5S. The number of carbonyl (C=O) groups is 1. The molecule has 1 unspecified atom stereocenters. The third-order valence-electron chi connectivity index (χ3n) is 8.45. The van der Waals surface area contributed by atoms with Crippen molar-refractivity contribution in [3.8, 4) is 34.0 Å². The molecule has 0 spiro atoms. The lowest BCUT2D eigenvalue weighted by molar-refractivity contribution is 0.0964. The molecule has 47 heavy (non-hydrogen) atoms. The molecule has 7 rings (SSSR count). The highest BCUT2D eigenvalue weighted by molar-refractivity contribution is 7.92. The molecule has 240 valence electrons. The average Bonchev–Trinajstić information content (AvgIpc) is 3.62. The van der Waals surface area contributed by atoms with Gasteiger partial charge in [0.2, 0.25) is 15.7 Å². The molecule has 2 aromatic carbocycles. The number of furan rings is 1. The minimum absolute atomic E-state index is 0.0913. The van der Waals surface area contributed by atoms with Gasteiger partial charge < -0.3 is 19.4 Å². The highest BCUT2D eigenvalue weighted by Crippen LogP contribution is 2.43. The number of aromatic nitrogens is 3. The maximum atomic E-state index is 15.0. The van der Waals surface area contributed by atoms with Gasteiger partial charge in [-0.05, 0) is 54.4 Å². The first-order valence-corrected chi connectivity index (χ1v) is 16.3. The number of hydrogen-bond donors (Lipinski definition) is 2. The second kappa shape index (κ2) is 11.0. The van der Waals surface area contributed by atoms with E-state index in [-0.39, 0.29) is 57.7 Å². The summed E-state index contributed by atoms with van der Waals surface area (Å²) in [5, 5.41) is 13.2. The quantitative estimate of drug-likeness (QED) is 0.243. The van der Waals surface area contributed by atoms with E-state index in [1.54, 1.807) is 30.3 Å². The van der Waals surface area contributed by atoms with Crippen molar-refractivity contribution in [2.75, 3.05) is 31.3 Å². The third-order valence-corrected chi connectivity index (χ3v) is 9.61. The van der Waals surface area contributed by atoms with Gasteiger partial charge in [-0.15, -0.1) is 0 Å². The average molecular weight is 662 g/mol. The monoisotopic (exact) mass is 661 g/mol. The first-order chi connectivity index (χ1) is 22.4. The van der Waals surface area contributed by atoms with Crippen LogP contribution in [0.1, 0.15) is 22.0 Å². The first kappa shape index (κ1) is 30.4. The largest absolute Gasteiger partial charge is 0.437 e. The number of carbonyl (C=O) groups excluding carboxylic acids is 1. The van der Waals surface area contributed by atoms with Crippen LogP contribution in [-0.2, 0) is 16.4 Å². The third kappa shape index (κ3) is 4.82. The van der Waals surface area contributed by atoms with E-state index in [1.165, 1.54) is 26.2 Å². The number of rotatable bonds is 6. The zero-order chi connectivity index (χ0) is 33.4. The van der Waals surface area contributed by atoms with Gasteiger partial charge in [0, 0.05) is 31.1 Å². The van der Waals surface area contributed by atoms with E-state index in [9.17, 15) is 31.5 Å². The molecule has 0 aliphatic carbocycles. The number of nitrogens with one attached hydrogen (secondary N) is 1. The van der Waals surface area contributed by atoms with Crippen LogP contribution in [0.15, 0.2) is 65.1 Å². The van der Waals surface area contributed by atoms with Crippen LogP contribution < -0.4 is 9.62 Å². The van der Waals surface area contributed by atoms with Crippen LogP contribution in [0.25, 0.3) is 56.0 Å². The van der Waals surface area contributed by atoms with Gasteiger partial charge >= 0.3 is 0 Å². The molecule has 1 aliphatic heterocycles. The predicted molar refractivity (Wildman–Crippen MR) is 170 cm³/mol. The summed E-state index contributed by atoms with van der Waals surface area (Å²) in [4.78, 5) is 22.6. The van der Waals surface area contributed by atoms with Crippen LogP contribution in [0.5, 0.6) is 0 Å². The summed E-state index contributed by atoms with van der Waals surface area (Å²) < 4.78 is 77.8. The number of pyridine rings is 2. The van der Waals surface area contributed by atoms with Crippen molar-refractivity contribution in [3.05, 3.63) is 89.2 Å². The lowest BCUT2D eigenvalue weighted by Crippen LogP contribution is -2.26. The molecule has 0 saturated carbocycles. The zero-order valence-electron chi connectivity index (χ0n) is 25.2. The van der Waals surface area contributed by atoms with Crippen LogP contribution >= 0.6 is 0 Å². The summed E-state index contributed by atoms with van der Waals surface area (Å²) in [6, 6.07) is 13.7. The Kier molecular flexibility index (Phi) is 7.09. The second-order valence-corrected chi connectivity index (χ2v) is 13.3. The highest BCUT2D eigenvalue weighted by Gasteiger charge is 2.31.